The van der Waals surface area contributed by atoms with Crippen molar-refractivity contribution in [1.29, 1.82) is 0 Å². The van der Waals surface area contributed by atoms with Gasteiger partial charge in [0.05, 0.1) is 24.2 Å². The third kappa shape index (κ3) is 4.40. The number of aromatic nitrogens is 4. The van der Waals surface area contributed by atoms with E-state index in [0.29, 0.717) is 27.8 Å². The number of carbonyl (C=O) groups is 1. The van der Waals surface area contributed by atoms with Gasteiger partial charge in [-0.1, -0.05) is 42.5 Å². The van der Waals surface area contributed by atoms with Crippen molar-refractivity contribution in [3.8, 4) is 22.1 Å². The monoisotopic (exact) mass is 447 g/mol. The number of ether oxygens (including phenoxy) is 1. The molecular weight excluding hydrogens is 422 g/mol. The fourth-order valence-corrected chi connectivity index (χ4v) is 4.40. The SMILES string of the molecule is CCc1ccc(CNC(=O)c2sc(-c3nnn(-c4cccc(OC)c4)c3C)nc2C)cc1. The van der Waals surface area contributed by atoms with Gasteiger partial charge in [0, 0.05) is 12.6 Å². The van der Waals surface area contributed by atoms with Gasteiger partial charge in [0.15, 0.2) is 0 Å². The second-order valence-electron chi connectivity index (χ2n) is 7.42. The molecule has 32 heavy (non-hydrogen) atoms. The zero-order valence-corrected chi connectivity index (χ0v) is 19.4. The number of aryl methyl sites for hydroxylation is 2. The number of amides is 1. The number of nitrogens with one attached hydrogen (secondary N) is 1. The molecule has 0 unspecified atom stereocenters. The standard InChI is InChI=1S/C24H25N5O2S/c1-5-17-9-11-18(12-10-17)14-25-23(30)22-15(2)26-24(32-22)21-16(3)29(28-27-21)19-7-6-8-20(13-19)31-4/h6-13H,5,14H2,1-4H3,(H,25,30). The molecule has 8 heteroatoms. The van der Waals surface area contributed by atoms with Gasteiger partial charge in [0.2, 0.25) is 0 Å². The largest absolute Gasteiger partial charge is 0.497 e. The lowest BCUT2D eigenvalue weighted by Gasteiger charge is -2.05. The number of nitrogens with zero attached hydrogens (tertiary/aromatic N) is 4. The van der Waals surface area contributed by atoms with Crippen LogP contribution < -0.4 is 10.1 Å². The topological polar surface area (TPSA) is 81.9 Å². The fraction of sp³-hybridized carbons (Fsp3) is 0.250. The van der Waals surface area contributed by atoms with Crippen LogP contribution >= 0.6 is 11.3 Å². The van der Waals surface area contributed by atoms with E-state index in [1.165, 1.54) is 16.9 Å². The van der Waals surface area contributed by atoms with Crippen LogP contribution in [0.2, 0.25) is 0 Å². The summed E-state index contributed by atoms with van der Waals surface area (Å²) in [4.78, 5) is 18.0. The van der Waals surface area contributed by atoms with Gasteiger partial charge in [-0.2, -0.15) is 0 Å². The van der Waals surface area contributed by atoms with Gasteiger partial charge < -0.3 is 10.1 Å². The molecule has 2 aromatic carbocycles. The Labute approximate surface area is 191 Å². The first-order valence-electron chi connectivity index (χ1n) is 10.4. The summed E-state index contributed by atoms with van der Waals surface area (Å²) in [6, 6.07) is 15.9. The zero-order valence-electron chi connectivity index (χ0n) is 18.5. The quantitative estimate of drug-likeness (QED) is 0.451. The zero-order chi connectivity index (χ0) is 22.7. The highest BCUT2D eigenvalue weighted by Crippen LogP contribution is 2.30. The van der Waals surface area contributed by atoms with Crippen molar-refractivity contribution in [2.75, 3.05) is 7.11 Å². The number of hydrogen-bond acceptors (Lipinski definition) is 6. The maximum Gasteiger partial charge on any atom is 0.263 e. The van der Waals surface area contributed by atoms with Crippen LogP contribution in [-0.4, -0.2) is 33.0 Å². The first kappa shape index (κ1) is 21.7. The minimum Gasteiger partial charge on any atom is -0.497 e. The summed E-state index contributed by atoms with van der Waals surface area (Å²) >= 11 is 1.33. The van der Waals surface area contributed by atoms with Crippen molar-refractivity contribution in [3.63, 3.8) is 0 Å². The minimum atomic E-state index is -0.136. The van der Waals surface area contributed by atoms with Gasteiger partial charge in [-0.05, 0) is 43.5 Å². The molecule has 2 aromatic heterocycles. The lowest BCUT2D eigenvalue weighted by molar-refractivity contribution is 0.0954. The Morgan fingerprint density at radius 3 is 2.59 bits per heavy atom. The average molecular weight is 448 g/mol. The van der Waals surface area contributed by atoms with Gasteiger partial charge in [-0.3, -0.25) is 4.79 Å². The first-order chi connectivity index (χ1) is 15.5. The lowest BCUT2D eigenvalue weighted by atomic mass is 10.1. The number of benzene rings is 2. The minimum absolute atomic E-state index is 0.136. The Kier molecular flexibility index (Phi) is 6.32. The number of carbonyl (C=O) groups excluding carboxylic acids is 1. The van der Waals surface area contributed by atoms with Crippen molar-refractivity contribution in [2.24, 2.45) is 0 Å². The van der Waals surface area contributed by atoms with Crippen LogP contribution in [0.3, 0.4) is 0 Å². The van der Waals surface area contributed by atoms with Crippen LogP contribution in [0.4, 0.5) is 0 Å². The Bertz CT molecular complexity index is 1240. The smallest absolute Gasteiger partial charge is 0.263 e. The Morgan fingerprint density at radius 1 is 1.12 bits per heavy atom. The number of methoxy groups -OCH3 is 1. The van der Waals surface area contributed by atoms with Gasteiger partial charge >= 0.3 is 0 Å². The van der Waals surface area contributed by atoms with E-state index in [0.717, 1.165) is 29.1 Å². The number of thiazole rings is 1. The number of hydrogen-bond donors (Lipinski definition) is 1. The summed E-state index contributed by atoms with van der Waals surface area (Å²) in [5.41, 5.74) is 5.38. The van der Waals surface area contributed by atoms with E-state index < -0.39 is 0 Å². The van der Waals surface area contributed by atoms with Crippen molar-refractivity contribution in [2.45, 2.75) is 33.7 Å². The van der Waals surface area contributed by atoms with E-state index >= 15 is 0 Å². The van der Waals surface area contributed by atoms with E-state index in [2.05, 4.69) is 39.7 Å². The van der Waals surface area contributed by atoms with E-state index in [4.69, 9.17) is 4.74 Å². The molecule has 0 saturated heterocycles. The molecule has 0 bridgehead atoms. The lowest BCUT2D eigenvalue weighted by Crippen LogP contribution is -2.22. The highest BCUT2D eigenvalue weighted by Gasteiger charge is 2.20. The third-order valence-electron chi connectivity index (χ3n) is 5.28. The van der Waals surface area contributed by atoms with Crippen molar-refractivity contribution >= 4 is 17.2 Å². The van der Waals surface area contributed by atoms with Crippen LogP contribution in [0.1, 0.15) is 39.1 Å². The first-order valence-corrected chi connectivity index (χ1v) is 11.2. The van der Waals surface area contributed by atoms with E-state index in [1.54, 1.807) is 11.8 Å². The highest BCUT2D eigenvalue weighted by atomic mass is 32.1. The second kappa shape index (κ2) is 9.32. The average Bonchev–Trinajstić information content (AvgIpc) is 3.40. The maximum absolute atomic E-state index is 12.8. The molecule has 164 valence electrons. The van der Waals surface area contributed by atoms with Crippen LogP contribution in [-0.2, 0) is 13.0 Å². The molecule has 0 radical (unpaired) electrons. The molecule has 0 aliphatic heterocycles. The molecule has 4 aromatic rings. The molecule has 1 N–H and O–H groups in total. The van der Waals surface area contributed by atoms with Crippen LogP contribution in [0.25, 0.3) is 16.4 Å². The predicted octanol–water partition coefficient (Wildman–Crippen LogP) is 4.51. The molecule has 2 heterocycles. The van der Waals surface area contributed by atoms with Gasteiger partial charge in [0.25, 0.3) is 5.91 Å². The summed E-state index contributed by atoms with van der Waals surface area (Å²) in [6.45, 7) is 6.37. The van der Waals surface area contributed by atoms with Crippen LogP contribution in [0.5, 0.6) is 5.75 Å². The molecular formula is C24H25N5O2S. The molecule has 1 amide bonds. The summed E-state index contributed by atoms with van der Waals surface area (Å²) in [5.74, 6) is 0.607. The molecule has 0 fully saturated rings. The summed E-state index contributed by atoms with van der Waals surface area (Å²) < 4.78 is 7.05. The van der Waals surface area contributed by atoms with Crippen molar-refractivity contribution in [3.05, 3.63) is 75.9 Å². The molecule has 0 spiro atoms. The molecule has 0 aliphatic carbocycles. The highest BCUT2D eigenvalue weighted by molar-refractivity contribution is 7.17. The van der Waals surface area contributed by atoms with Crippen LogP contribution in [0.15, 0.2) is 48.5 Å². The Hall–Kier alpha value is -3.52. The molecule has 4 rings (SSSR count). The van der Waals surface area contributed by atoms with E-state index in [1.807, 2.05) is 50.2 Å². The third-order valence-corrected chi connectivity index (χ3v) is 6.45. The van der Waals surface area contributed by atoms with Crippen molar-refractivity contribution in [1.82, 2.24) is 25.3 Å². The summed E-state index contributed by atoms with van der Waals surface area (Å²) in [6.07, 6.45) is 0.997. The fourth-order valence-electron chi connectivity index (χ4n) is 3.38. The van der Waals surface area contributed by atoms with Gasteiger partial charge in [0.1, 0.15) is 21.3 Å². The normalized spacial score (nSPS) is 10.9. The van der Waals surface area contributed by atoms with E-state index in [9.17, 15) is 4.79 Å². The predicted molar refractivity (Wildman–Crippen MR) is 125 cm³/mol. The molecule has 0 aliphatic rings. The summed E-state index contributed by atoms with van der Waals surface area (Å²) in [5, 5.41) is 12.3. The second-order valence-corrected chi connectivity index (χ2v) is 8.42. The van der Waals surface area contributed by atoms with Gasteiger partial charge in [-0.25, -0.2) is 9.67 Å². The van der Waals surface area contributed by atoms with Gasteiger partial charge in [-0.15, -0.1) is 16.4 Å². The van der Waals surface area contributed by atoms with Crippen molar-refractivity contribution < 1.29 is 9.53 Å². The molecule has 0 saturated carbocycles. The molecule has 7 nitrogen and oxygen atoms in total. The van der Waals surface area contributed by atoms with Crippen LogP contribution in [0, 0.1) is 13.8 Å². The Balaban J connectivity index is 1.53. The number of rotatable bonds is 7. The summed E-state index contributed by atoms with van der Waals surface area (Å²) in [7, 11) is 1.63. The van der Waals surface area contributed by atoms with E-state index in [-0.39, 0.29) is 5.91 Å². The maximum atomic E-state index is 12.8. The molecule has 0 atom stereocenters. The Morgan fingerprint density at radius 2 is 1.88 bits per heavy atom.